The Hall–Kier alpha value is -2.24. The van der Waals surface area contributed by atoms with E-state index < -0.39 is 11.8 Å². The molecule has 0 bridgehead atoms. The van der Waals surface area contributed by atoms with Crippen LogP contribution in [0, 0.1) is 5.82 Å². The first-order chi connectivity index (χ1) is 11.4. The van der Waals surface area contributed by atoms with E-state index >= 15 is 0 Å². The van der Waals surface area contributed by atoms with Crippen LogP contribution < -0.4 is 9.47 Å². The smallest absolute Gasteiger partial charge is 0.328 e. The third kappa shape index (κ3) is 4.40. The number of carboxylic acids is 1. The third-order valence-corrected chi connectivity index (χ3v) is 3.80. The van der Waals surface area contributed by atoms with Gasteiger partial charge in [0, 0.05) is 17.7 Å². The van der Waals surface area contributed by atoms with Crippen LogP contribution in [0.4, 0.5) is 4.39 Å². The highest BCUT2D eigenvalue weighted by atomic mass is 35.5. The molecule has 0 aliphatic rings. The van der Waals surface area contributed by atoms with Gasteiger partial charge in [-0.2, -0.15) is 0 Å². The van der Waals surface area contributed by atoms with Crippen molar-refractivity contribution in [3.8, 4) is 11.5 Å². The number of rotatable bonds is 6. The molecule has 2 rings (SSSR count). The number of benzene rings is 2. The van der Waals surface area contributed by atoms with Gasteiger partial charge in [0.05, 0.1) is 17.2 Å². The maximum Gasteiger partial charge on any atom is 0.328 e. The second kappa shape index (κ2) is 8.04. The minimum absolute atomic E-state index is 0.109. The zero-order valence-electron chi connectivity index (χ0n) is 12.6. The van der Waals surface area contributed by atoms with Gasteiger partial charge < -0.3 is 14.6 Å². The summed E-state index contributed by atoms with van der Waals surface area (Å²) in [5.74, 6) is -0.959. The molecular weight excluding hydrogens is 358 g/mol. The first-order valence-electron chi connectivity index (χ1n) is 6.76. The van der Waals surface area contributed by atoms with Crippen LogP contribution in [-0.4, -0.2) is 18.2 Å². The summed E-state index contributed by atoms with van der Waals surface area (Å²) in [6.45, 7) is -0.109. The summed E-state index contributed by atoms with van der Waals surface area (Å²) in [5, 5.41) is 9.19. The Morgan fingerprint density at radius 1 is 1.25 bits per heavy atom. The molecule has 2 aromatic carbocycles. The molecule has 4 nitrogen and oxygen atoms in total. The van der Waals surface area contributed by atoms with Crippen molar-refractivity contribution in [2.45, 2.75) is 6.61 Å². The molecule has 7 heteroatoms. The highest BCUT2D eigenvalue weighted by Crippen LogP contribution is 2.35. The summed E-state index contributed by atoms with van der Waals surface area (Å²) in [6.07, 6.45) is 2.30. The molecule has 0 fully saturated rings. The Balaban J connectivity index is 2.27. The molecular formula is C17H13Cl2FO4. The zero-order chi connectivity index (χ0) is 17.7. The number of aliphatic carboxylic acids is 1. The van der Waals surface area contributed by atoms with E-state index in [4.69, 9.17) is 37.8 Å². The summed E-state index contributed by atoms with van der Waals surface area (Å²) < 4.78 is 24.5. The average molecular weight is 371 g/mol. The number of carbonyl (C=O) groups is 1. The molecule has 0 saturated carbocycles. The van der Waals surface area contributed by atoms with Crippen LogP contribution in [0.25, 0.3) is 6.08 Å². The molecule has 0 aliphatic heterocycles. The molecule has 126 valence electrons. The Morgan fingerprint density at radius 2 is 2.00 bits per heavy atom. The zero-order valence-corrected chi connectivity index (χ0v) is 14.1. The van der Waals surface area contributed by atoms with Gasteiger partial charge >= 0.3 is 5.97 Å². The largest absolute Gasteiger partial charge is 0.493 e. The molecule has 0 spiro atoms. The summed E-state index contributed by atoms with van der Waals surface area (Å²) in [7, 11) is 1.43. The van der Waals surface area contributed by atoms with Crippen LogP contribution in [-0.2, 0) is 11.4 Å². The third-order valence-electron chi connectivity index (χ3n) is 3.12. The van der Waals surface area contributed by atoms with E-state index in [-0.39, 0.29) is 28.0 Å². The van der Waals surface area contributed by atoms with E-state index in [1.807, 2.05) is 0 Å². The van der Waals surface area contributed by atoms with E-state index in [2.05, 4.69) is 0 Å². The van der Waals surface area contributed by atoms with Crippen LogP contribution >= 0.6 is 23.2 Å². The summed E-state index contributed by atoms with van der Waals surface area (Å²) in [6, 6.07) is 7.35. The fraction of sp³-hybridized carbons (Fsp3) is 0.118. The first-order valence-corrected chi connectivity index (χ1v) is 7.52. The number of halogens is 3. The number of ether oxygens (including phenoxy) is 2. The van der Waals surface area contributed by atoms with Crippen molar-refractivity contribution in [3.05, 3.63) is 63.4 Å². The Bertz CT molecular complexity index is 770. The van der Waals surface area contributed by atoms with Gasteiger partial charge in [-0.25, -0.2) is 9.18 Å². The van der Waals surface area contributed by atoms with Gasteiger partial charge in [0.25, 0.3) is 0 Å². The Morgan fingerprint density at radius 3 is 2.62 bits per heavy atom. The van der Waals surface area contributed by atoms with Crippen molar-refractivity contribution < 1.29 is 23.8 Å². The molecule has 0 unspecified atom stereocenters. The molecule has 2 aromatic rings. The van der Waals surface area contributed by atoms with Crippen molar-refractivity contribution in [1.29, 1.82) is 0 Å². The molecule has 0 aliphatic carbocycles. The van der Waals surface area contributed by atoms with Crippen LogP contribution in [0.15, 0.2) is 36.4 Å². The van der Waals surface area contributed by atoms with Crippen LogP contribution in [0.1, 0.15) is 11.1 Å². The fourth-order valence-electron chi connectivity index (χ4n) is 1.93. The Kier molecular flexibility index (Phi) is 6.06. The maximum absolute atomic E-state index is 13.8. The van der Waals surface area contributed by atoms with Gasteiger partial charge in [-0.3, -0.25) is 0 Å². The van der Waals surface area contributed by atoms with Crippen LogP contribution in [0.3, 0.4) is 0 Å². The van der Waals surface area contributed by atoms with E-state index in [9.17, 15) is 9.18 Å². The molecule has 0 aromatic heterocycles. The predicted octanol–water partition coefficient (Wildman–Crippen LogP) is 4.82. The number of hydrogen-bond donors (Lipinski definition) is 1. The van der Waals surface area contributed by atoms with Crippen LogP contribution in [0.5, 0.6) is 11.5 Å². The van der Waals surface area contributed by atoms with Crippen molar-refractivity contribution in [2.24, 2.45) is 0 Å². The van der Waals surface area contributed by atoms with Gasteiger partial charge in [0.15, 0.2) is 11.5 Å². The van der Waals surface area contributed by atoms with E-state index in [0.29, 0.717) is 11.3 Å². The number of hydrogen-bond acceptors (Lipinski definition) is 3. The minimum Gasteiger partial charge on any atom is -0.493 e. The van der Waals surface area contributed by atoms with Gasteiger partial charge in [-0.05, 0) is 29.8 Å². The number of carboxylic acid groups (broad SMARTS) is 1. The predicted molar refractivity (Wildman–Crippen MR) is 90.4 cm³/mol. The highest BCUT2D eigenvalue weighted by molar-refractivity contribution is 6.32. The van der Waals surface area contributed by atoms with E-state index in [1.54, 1.807) is 6.07 Å². The molecule has 0 amide bonds. The second-order valence-corrected chi connectivity index (χ2v) is 5.50. The van der Waals surface area contributed by atoms with Gasteiger partial charge in [-0.1, -0.05) is 29.3 Å². The average Bonchev–Trinajstić information content (AvgIpc) is 2.53. The second-order valence-electron chi connectivity index (χ2n) is 4.69. The van der Waals surface area contributed by atoms with Gasteiger partial charge in [0.2, 0.25) is 0 Å². The topological polar surface area (TPSA) is 55.8 Å². The minimum atomic E-state index is -1.10. The molecule has 1 N–H and O–H groups in total. The monoisotopic (exact) mass is 370 g/mol. The highest BCUT2D eigenvalue weighted by Gasteiger charge is 2.12. The summed E-state index contributed by atoms with van der Waals surface area (Å²) in [4.78, 5) is 10.6. The Labute approximate surface area is 148 Å². The standard InChI is InChI=1S/C17H13Cl2FO4/c1-23-15-7-10(5-6-17(21)22)13(19)8-16(15)24-9-11-12(18)3-2-4-14(11)20/h2-8H,9H2,1H3,(H,21,22)/b6-5+. The molecule has 24 heavy (non-hydrogen) atoms. The van der Waals surface area contributed by atoms with E-state index in [0.717, 1.165) is 6.08 Å². The SMILES string of the molecule is COc1cc(/C=C/C(=O)O)c(Cl)cc1OCc1c(F)cccc1Cl. The fourth-order valence-corrected chi connectivity index (χ4v) is 2.37. The summed E-state index contributed by atoms with van der Waals surface area (Å²) >= 11 is 12.1. The van der Waals surface area contributed by atoms with Crippen molar-refractivity contribution in [3.63, 3.8) is 0 Å². The molecule has 0 radical (unpaired) electrons. The quantitative estimate of drug-likeness (QED) is 0.740. The molecule has 0 atom stereocenters. The molecule has 0 saturated heterocycles. The van der Waals surface area contributed by atoms with Crippen molar-refractivity contribution in [1.82, 2.24) is 0 Å². The normalized spacial score (nSPS) is 10.8. The lowest BCUT2D eigenvalue weighted by molar-refractivity contribution is -0.131. The van der Waals surface area contributed by atoms with Crippen LogP contribution in [0.2, 0.25) is 10.0 Å². The first kappa shape index (κ1) is 18.1. The van der Waals surface area contributed by atoms with E-state index in [1.165, 1.54) is 37.5 Å². The lowest BCUT2D eigenvalue weighted by Gasteiger charge is -2.13. The maximum atomic E-state index is 13.8. The summed E-state index contributed by atoms with van der Waals surface area (Å²) in [5.41, 5.74) is 0.666. The number of methoxy groups -OCH3 is 1. The molecule has 0 heterocycles. The van der Waals surface area contributed by atoms with Crippen molar-refractivity contribution >= 4 is 35.2 Å². The van der Waals surface area contributed by atoms with Gasteiger partial charge in [-0.15, -0.1) is 0 Å². The lowest BCUT2D eigenvalue weighted by Crippen LogP contribution is -2.01. The lowest BCUT2D eigenvalue weighted by atomic mass is 10.1. The van der Waals surface area contributed by atoms with Crippen molar-refractivity contribution in [2.75, 3.05) is 7.11 Å². The van der Waals surface area contributed by atoms with Gasteiger partial charge in [0.1, 0.15) is 12.4 Å².